The van der Waals surface area contributed by atoms with Crippen LogP contribution in [0.5, 0.6) is 0 Å². The summed E-state index contributed by atoms with van der Waals surface area (Å²) in [5.41, 5.74) is -0.227. The third-order valence-electron chi connectivity index (χ3n) is 4.64. The number of ether oxygens (including phenoxy) is 1. The molecule has 0 spiro atoms. The highest BCUT2D eigenvalue weighted by atomic mass is 32.2. The molecule has 2 aromatic heterocycles. The lowest BCUT2D eigenvalue weighted by atomic mass is 10.1. The van der Waals surface area contributed by atoms with Gasteiger partial charge >= 0.3 is 6.18 Å². The fourth-order valence-corrected chi connectivity index (χ4v) is 4.36. The fourth-order valence-electron chi connectivity index (χ4n) is 3.02. The largest absolute Gasteiger partial charge is 0.458 e. The van der Waals surface area contributed by atoms with E-state index in [2.05, 4.69) is 9.68 Å². The smallest absolute Gasteiger partial charge is 0.452 e. The molecular formula is C17H21F3N2O5S. The van der Waals surface area contributed by atoms with Gasteiger partial charge in [-0.2, -0.15) is 13.2 Å². The number of furan rings is 1. The van der Waals surface area contributed by atoms with E-state index >= 15 is 0 Å². The number of aryl methyl sites for hydroxylation is 1. The summed E-state index contributed by atoms with van der Waals surface area (Å²) in [5.74, 6) is -1.34. The highest BCUT2D eigenvalue weighted by Gasteiger charge is 2.37. The van der Waals surface area contributed by atoms with Crippen molar-refractivity contribution in [2.24, 2.45) is 0 Å². The molecule has 1 aliphatic rings. The van der Waals surface area contributed by atoms with E-state index in [-0.39, 0.29) is 34.8 Å². The minimum absolute atomic E-state index is 0.0309. The van der Waals surface area contributed by atoms with Gasteiger partial charge in [-0.25, -0.2) is 12.7 Å². The Morgan fingerprint density at radius 1 is 1.29 bits per heavy atom. The maximum absolute atomic E-state index is 12.8. The zero-order valence-corrected chi connectivity index (χ0v) is 16.3. The lowest BCUT2D eigenvalue weighted by Crippen LogP contribution is -2.31. The number of sulfonamides is 1. The standard InChI is InChI=1S/C17H21F3N2O5S/c1-11-15(10-14(26-11)13-9-16(27-21-13)17(18,19)20)28(23,24)22(2)7-6-12-5-3-4-8-25-12/h9-10,12H,3-8H2,1-2H3. The highest BCUT2D eigenvalue weighted by Crippen LogP contribution is 2.34. The molecule has 1 unspecified atom stereocenters. The van der Waals surface area contributed by atoms with Crippen LogP contribution in [0.4, 0.5) is 13.2 Å². The SMILES string of the molecule is Cc1oc(-c2cc(C(F)(F)F)on2)cc1S(=O)(=O)N(C)CCC1CCCCO1. The molecule has 3 rings (SSSR count). The Hall–Kier alpha value is -1.85. The van der Waals surface area contributed by atoms with Crippen molar-refractivity contribution in [3.8, 4) is 11.5 Å². The number of alkyl halides is 3. The topological polar surface area (TPSA) is 85.8 Å². The van der Waals surface area contributed by atoms with Crippen LogP contribution in [0, 0.1) is 6.92 Å². The van der Waals surface area contributed by atoms with Crippen LogP contribution in [0.1, 0.15) is 37.2 Å². The molecule has 1 fully saturated rings. The molecule has 0 N–H and O–H groups in total. The van der Waals surface area contributed by atoms with Crippen molar-refractivity contribution >= 4 is 10.0 Å². The predicted molar refractivity (Wildman–Crippen MR) is 92.0 cm³/mol. The van der Waals surface area contributed by atoms with Gasteiger partial charge in [0.15, 0.2) is 5.76 Å². The maximum Gasteiger partial charge on any atom is 0.452 e. The number of nitrogens with zero attached hydrogens (tertiary/aromatic N) is 2. The van der Waals surface area contributed by atoms with Crippen molar-refractivity contribution in [1.29, 1.82) is 0 Å². The van der Waals surface area contributed by atoms with Crippen LogP contribution >= 0.6 is 0 Å². The van der Waals surface area contributed by atoms with Crippen LogP contribution in [0.2, 0.25) is 0 Å². The van der Waals surface area contributed by atoms with Gasteiger partial charge in [0.05, 0.1) is 6.10 Å². The molecule has 0 aromatic carbocycles. The fraction of sp³-hybridized carbons (Fsp3) is 0.588. The van der Waals surface area contributed by atoms with E-state index in [0.717, 1.165) is 25.3 Å². The summed E-state index contributed by atoms with van der Waals surface area (Å²) in [5, 5.41) is 3.32. The van der Waals surface area contributed by atoms with Crippen molar-refractivity contribution in [3.05, 3.63) is 23.7 Å². The molecule has 0 aliphatic carbocycles. The van der Waals surface area contributed by atoms with Gasteiger partial charge in [0, 0.05) is 32.3 Å². The minimum atomic E-state index is -4.69. The molecule has 1 atom stereocenters. The summed E-state index contributed by atoms with van der Waals surface area (Å²) in [6.07, 6.45) is -1.12. The van der Waals surface area contributed by atoms with Gasteiger partial charge in [0.2, 0.25) is 15.8 Å². The molecule has 0 radical (unpaired) electrons. The Balaban J connectivity index is 1.76. The zero-order valence-electron chi connectivity index (χ0n) is 15.5. The van der Waals surface area contributed by atoms with E-state index in [0.29, 0.717) is 19.1 Å². The van der Waals surface area contributed by atoms with Crippen LogP contribution in [-0.4, -0.2) is 44.2 Å². The predicted octanol–water partition coefficient (Wildman–Crippen LogP) is 3.84. The van der Waals surface area contributed by atoms with E-state index in [1.165, 1.54) is 18.3 Å². The van der Waals surface area contributed by atoms with Crippen molar-refractivity contribution in [1.82, 2.24) is 9.46 Å². The van der Waals surface area contributed by atoms with Gasteiger partial charge in [0.1, 0.15) is 16.3 Å². The van der Waals surface area contributed by atoms with Crippen LogP contribution in [0.25, 0.3) is 11.5 Å². The monoisotopic (exact) mass is 422 g/mol. The molecule has 11 heteroatoms. The third-order valence-corrected chi connectivity index (χ3v) is 6.61. The van der Waals surface area contributed by atoms with Gasteiger partial charge in [-0.3, -0.25) is 0 Å². The van der Waals surface area contributed by atoms with Gasteiger partial charge in [-0.1, -0.05) is 5.16 Å². The van der Waals surface area contributed by atoms with Crippen LogP contribution in [-0.2, 0) is 20.9 Å². The number of aromatic nitrogens is 1. The summed E-state index contributed by atoms with van der Waals surface area (Å²) in [6.45, 7) is 2.37. The summed E-state index contributed by atoms with van der Waals surface area (Å²) in [7, 11) is -2.43. The summed E-state index contributed by atoms with van der Waals surface area (Å²) < 4.78 is 80.0. The molecule has 28 heavy (non-hydrogen) atoms. The van der Waals surface area contributed by atoms with E-state index in [1.807, 2.05) is 0 Å². The summed E-state index contributed by atoms with van der Waals surface area (Å²) in [6, 6.07) is 1.83. The van der Waals surface area contributed by atoms with Crippen molar-refractivity contribution in [2.75, 3.05) is 20.2 Å². The van der Waals surface area contributed by atoms with E-state index in [1.54, 1.807) is 0 Å². The second kappa shape index (κ2) is 7.88. The molecule has 1 saturated heterocycles. The Morgan fingerprint density at radius 3 is 2.64 bits per heavy atom. The van der Waals surface area contributed by atoms with Crippen LogP contribution < -0.4 is 0 Å². The second-order valence-electron chi connectivity index (χ2n) is 6.71. The van der Waals surface area contributed by atoms with Gasteiger partial charge < -0.3 is 13.7 Å². The molecule has 156 valence electrons. The first kappa shape index (κ1) is 20.9. The third kappa shape index (κ3) is 4.41. The first-order chi connectivity index (χ1) is 13.1. The van der Waals surface area contributed by atoms with E-state index < -0.39 is 22.0 Å². The number of rotatable bonds is 6. The molecular weight excluding hydrogens is 401 g/mol. The molecule has 1 aliphatic heterocycles. The minimum Gasteiger partial charge on any atom is -0.458 e. The molecule has 0 amide bonds. The maximum atomic E-state index is 12.8. The zero-order chi connectivity index (χ0) is 20.5. The molecule has 0 saturated carbocycles. The summed E-state index contributed by atoms with van der Waals surface area (Å²) >= 11 is 0. The van der Waals surface area contributed by atoms with E-state index in [4.69, 9.17) is 9.15 Å². The number of hydrogen-bond donors (Lipinski definition) is 0. The van der Waals surface area contributed by atoms with Crippen molar-refractivity contribution < 1.29 is 35.3 Å². The van der Waals surface area contributed by atoms with Crippen LogP contribution in [0.15, 0.2) is 26.0 Å². The first-order valence-corrected chi connectivity index (χ1v) is 10.3. The summed E-state index contributed by atoms with van der Waals surface area (Å²) in [4.78, 5) is -0.119. The average Bonchev–Trinajstić information content (AvgIpc) is 3.27. The number of halogens is 3. The molecule has 7 nitrogen and oxygen atoms in total. The quantitative estimate of drug-likeness (QED) is 0.703. The first-order valence-electron chi connectivity index (χ1n) is 8.81. The highest BCUT2D eigenvalue weighted by molar-refractivity contribution is 7.89. The normalized spacial score (nSPS) is 18.7. The Morgan fingerprint density at radius 2 is 2.04 bits per heavy atom. The number of hydrogen-bond acceptors (Lipinski definition) is 6. The van der Waals surface area contributed by atoms with Crippen molar-refractivity contribution in [3.63, 3.8) is 0 Å². The Kier molecular flexibility index (Phi) is 5.87. The average molecular weight is 422 g/mol. The van der Waals surface area contributed by atoms with E-state index in [9.17, 15) is 21.6 Å². The van der Waals surface area contributed by atoms with Gasteiger partial charge in [-0.05, 0) is 32.6 Å². The van der Waals surface area contributed by atoms with Crippen LogP contribution in [0.3, 0.4) is 0 Å². The molecule has 0 bridgehead atoms. The van der Waals surface area contributed by atoms with Gasteiger partial charge in [-0.15, -0.1) is 0 Å². The lowest BCUT2D eigenvalue weighted by molar-refractivity contribution is -0.155. The Bertz CT molecular complexity index is 914. The molecule has 3 heterocycles. The second-order valence-corrected chi connectivity index (χ2v) is 8.72. The van der Waals surface area contributed by atoms with Gasteiger partial charge in [0.25, 0.3) is 0 Å². The lowest BCUT2D eigenvalue weighted by Gasteiger charge is -2.24. The van der Waals surface area contributed by atoms with Crippen molar-refractivity contribution in [2.45, 2.75) is 49.8 Å². The molecule has 2 aromatic rings. The Labute approximate surface area is 160 Å².